The van der Waals surface area contributed by atoms with Gasteiger partial charge in [0.25, 0.3) is 5.56 Å². The maximum absolute atomic E-state index is 13.7. The predicted octanol–water partition coefficient (Wildman–Crippen LogP) is 1.83. The highest BCUT2D eigenvalue weighted by atomic mass is 32.2. The highest BCUT2D eigenvalue weighted by Crippen LogP contribution is 2.22. The zero-order valence-electron chi connectivity index (χ0n) is 20.0. The van der Waals surface area contributed by atoms with E-state index in [1.807, 2.05) is 66.6 Å². The van der Waals surface area contributed by atoms with Gasteiger partial charge in [0.2, 0.25) is 6.41 Å². The third-order valence-corrected chi connectivity index (χ3v) is 7.03. The summed E-state index contributed by atoms with van der Waals surface area (Å²) >= 11 is 1.61. The standard InChI is InChI=1S/C26H30N4O4S/c1-19-3-5-20(6-4-19)24-15-25(33)29(17-22(32)16-27-11-13-28(18-31)14-12-27)26(34)30(24)21-7-9-23(35-2)10-8-21/h3-10,15,18,22,32H,11-14,16-17H2,1-2H3. The highest BCUT2D eigenvalue weighted by molar-refractivity contribution is 7.98. The van der Waals surface area contributed by atoms with Crippen LogP contribution >= 0.6 is 11.8 Å². The summed E-state index contributed by atoms with van der Waals surface area (Å²) in [4.78, 5) is 42.5. The largest absolute Gasteiger partial charge is 0.390 e. The van der Waals surface area contributed by atoms with E-state index in [9.17, 15) is 19.5 Å². The number of aliphatic hydroxyl groups excluding tert-OH is 1. The average molecular weight is 495 g/mol. The second-order valence-electron chi connectivity index (χ2n) is 8.76. The Morgan fingerprint density at radius 1 is 0.971 bits per heavy atom. The summed E-state index contributed by atoms with van der Waals surface area (Å²) < 4.78 is 2.64. The number of aryl methyl sites for hydroxylation is 1. The third kappa shape index (κ3) is 5.75. The van der Waals surface area contributed by atoms with Gasteiger partial charge in [-0.15, -0.1) is 11.8 Å². The number of benzene rings is 2. The maximum Gasteiger partial charge on any atom is 0.336 e. The molecule has 1 atom stereocenters. The molecular weight excluding hydrogens is 464 g/mol. The van der Waals surface area contributed by atoms with E-state index < -0.39 is 17.4 Å². The van der Waals surface area contributed by atoms with E-state index in [1.54, 1.807) is 16.7 Å². The lowest BCUT2D eigenvalue weighted by atomic mass is 10.1. The van der Waals surface area contributed by atoms with Gasteiger partial charge in [0, 0.05) is 43.7 Å². The van der Waals surface area contributed by atoms with Crippen LogP contribution in [0.15, 0.2) is 69.1 Å². The van der Waals surface area contributed by atoms with Crippen LogP contribution in [0.2, 0.25) is 0 Å². The van der Waals surface area contributed by atoms with Crippen LogP contribution in [-0.2, 0) is 11.3 Å². The number of amides is 1. The molecule has 1 N–H and O–H groups in total. The summed E-state index contributed by atoms with van der Waals surface area (Å²) in [5, 5.41) is 10.7. The normalized spacial score (nSPS) is 15.2. The van der Waals surface area contributed by atoms with Crippen LogP contribution in [0.25, 0.3) is 16.9 Å². The maximum atomic E-state index is 13.7. The Labute approximate surface area is 208 Å². The van der Waals surface area contributed by atoms with Crippen molar-refractivity contribution in [2.75, 3.05) is 39.0 Å². The highest BCUT2D eigenvalue weighted by Gasteiger charge is 2.21. The number of thioether (sulfide) groups is 1. The number of aliphatic hydroxyl groups is 1. The van der Waals surface area contributed by atoms with Gasteiger partial charge in [-0.3, -0.25) is 23.6 Å². The second kappa shape index (κ2) is 11.1. The molecule has 2 heterocycles. The molecule has 1 aromatic heterocycles. The first kappa shape index (κ1) is 25.0. The van der Waals surface area contributed by atoms with Gasteiger partial charge in [0.1, 0.15) is 0 Å². The molecule has 8 nitrogen and oxygen atoms in total. The molecule has 1 unspecified atom stereocenters. The molecule has 184 valence electrons. The number of hydrogen-bond donors (Lipinski definition) is 1. The number of carbonyl (C=O) groups is 1. The minimum absolute atomic E-state index is 0.108. The Hall–Kier alpha value is -3.14. The number of piperazine rings is 1. The molecule has 0 spiro atoms. The van der Waals surface area contributed by atoms with Crippen LogP contribution in [0.1, 0.15) is 5.56 Å². The number of nitrogens with zero attached hydrogens (tertiary/aromatic N) is 4. The molecule has 9 heteroatoms. The van der Waals surface area contributed by atoms with E-state index in [1.165, 1.54) is 10.6 Å². The Kier molecular flexibility index (Phi) is 7.90. The van der Waals surface area contributed by atoms with Crippen molar-refractivity contribution in [1.82, 2.24) is 18.9 Å². The molecule has 4 rings (SSSR count). The first-order chi connectivity index (χ1) is 16.9. The van der Waals surface area contributed by atoms with Crippen LogP contribution in [-0.4, -0.2) is 75.5 Å². The van der Waals surface area contributed by atoms with Gasteiger partial charge in [-0.2, -0.15) is 0 Å². The monoisotopic (exact) mass is 494 g/mol. The number of aromatic nitrogens is 2. The van der Waals surface area contributed by atoms with Gasteiger partial charge in [-0.1, -0.05) is 29.8 Å². The van der Waals surface area contributed by atoms with Crippen LogP contribution in [0.5, 0.6) is 0 Å². The first-order valence-electron chi connectivity index (χ1n) is 11.6. The number of hydrogen-bond acceptors (Lipinski definition) is 6. The zero-order valence-corrected chi connectivity index (χ0v) is 20.8. The summed E-state index contributed by atoms with van der Waals surface area (Å²) in [5.74, 6) is 0. The topological polar surface area (TPSA) is 87.8 Å². The second-order valence-corrected chi connectivity index (χ2v) is 9.64. The smallest absolute Gasteiger partial charge is 0.336 e. The molecule has 0 saturated carbocycles. The van der Waals surface area contributed by atoms with E-state index in [4.69, 9.17) is 0 Å². The van der Waals surface area contributed by atoms with Crippen molar-refractivity contribution in [3.8, 4) is 16.9 Å². The molecule has 1 amide bonds. The molecular formula is C26H30N4O4S. The van der Waals surface area contributed by atoms with Gasteiger partial charge >= 0.3 is 5.69 Å². The summed E-state index contributed by atoms with van der Waals surface area (Å²) in [6.45, 7) is 4.67. The Morgan fingerprint density at radius 3 is 2.23 bits per heavy atom. The van der Waals surface area contributed by atoms with E-state index in [0.717, 1.165) is 27.0 Å². The van der Waals surface area contributed by atoms with Gasteiger partial charge in [0.15, 0.2) is 0 Å². The Bertz CT molecular complexity index is 1280. The van der Waals surface area contributed by atoms with Crippen molar-refractivity contribution in [2.45, 2.75) is 24.5 Å². The van der Waals surface area contributed by atoms with Gasteiger partial charge in [-0.05, 0) is 43.0 Å². The molecule has 35 heavy (non-hydrogen) atoms. The van der Waals surface area contributed by atoms with Crippen molar-refractivity contribution in [2.24, 2.45) is 0 Å². The van der Waals surface area contributed by atoms with E-state index >= 15 is 0 Å². The summed E-state index contributed by atoms with van der Waals surface area (Å²) in [7, 11) is 0. The molecule has 0 radical (unpaired) electrons. The molecule has 3 aromatic rings. The van der Waals surface area contributed by atoms with Crippen LogP contribution in [0.4, 0.5) is 0 Å². The quantitative estimate of drug-likeness (QED) is 0.380. The van der Waals surface area contributed by atoms with Gasteiger partial charge in [0.05, 0.1) is 24.0 Å². The Balaban J connectivity index is 1.69. The van der Waals surface area contributed by atoms with Crippen LogP contribution in [0.3, 0.4) is 0 Å². The fraction of sp³-hybridized carbons (Fsp3) is 0.346. The first-order valence-corrected chi connectivity index (χ1v) is 12.8. The predicted molar refractivity (Wildman–Crippen MR) is 138 cm³/mol. The molecule has 1 aliphatic rings. The lowest BCUT2D eigenvalue weighted by Crippen LogP contribution is -2.49. The third-order valence-electron chi connectivity index (χ3n) is 6.29. The number of rotatable bonds is 8. The van der Waals surface area contributed by atoms with Crippen LogP contribution in [0, 0.1) is 6.92 Å². The molecule has 2 aromatic carbocycles. The van der Waals surface area contributed by atoms with E-state index in [2.05, 4.69) is 0 Å². The fourth-order valence-electron chi connectivity index (χ4n) is 4.28. The molecule has 1 saturated heterocycles. The minimum atomic E-state index is -0.902. The minimum Gasteiger partial charge on any atom is -0.390 e. The summed E-state index contributed by atoms with van der Waals surface area (Å²) in [5.41, 5.74) is 2.06. The van der Waals surface area contributed by atoms with Crippen molar-refractivity contribution >= 4 is 18.2 Å². The SMILES string of the molecule is CSc1ccc(-n2c(-c3ccc(C)cc3)cc(=O)n(CC(O)CN3CCN(C=O)CC3)c2=O)cc1. The number of β-amino-alcohol motifs (C(OH)–C–C–N with tert-alkyl or cyclic N) is 1. The van der Waals surface area contributed by atoms with Crippen molar-refractivity contribution in [1.29, 1.82) is 0 Å². The van der Waals surface area contributed by atoms with Crippen molar-refractivity contribution in [3.05, 3.63) is 81.0 Å². The Morgan fingerprint density at radius 2 is 1.63 bits per heavy atom. The fourth-order valence-corrected chi connectivity index (χ4v) is 4.69. The number of carbonyl (C=O) groups excluding carboxylic acids is 1. The van der Waals surface area contributed by atoms with Crippen LogP contribution < -0.4 is 11.2 Å². The lowest BCUT2D eigenvalue weighted by molar-refractivity contribution is -0.119. The van der Waals surface area contributed by atoms with E-state index in [0.29, 0.717) is 44.1 Å². The van der Waals surface area contributed by atoms with Gasteiger partial charge in [-0.25, -0.2) is 4.79 Å². The zero-order chi connectivity index (χ0) is 24.9. The molecule has 0 bridgehead atoms. The summed E-state index contributed by atoms with van der Waals surface area (Å²) in [6, 6.07) is 16.8. The summed E-state index contributed by atoms with van der Waals surface area (Å²) in [6.07, 6.45) is 1.91. The van der Waals surface area contributed by atoms with E-state index in [-0.39, 0.29) is 6.54 Å². The van der Waals surface area contributed by atoms with Gasteiger partial charge < -0.3 is 10.0 Å². The van der Waals surface area contributed by atoms with Crippen molar-refractivity contribution < 1.29 is 9.90 Å². The molecule has 0 aliphatic carbocycles. The van der Waals surface area contributed by atoms with Crippen molar-refractivity contribution in [3.63, 3.8) is 0 Å². The molecule has 1 fully saturated rings. The lowest BCUT2D eigenvalue weighted by Gasteiger charge is -2.33. The molecule has 1 aliphatic heterocycles. The average Bonchev–Trinajstić information content (AvgIpc) is 2.87.